The summed E-state index contributed by atoms with van der Waals surface area (Å²) in [6.07, 6.45) is 8.12. The van der Waals surface area contributed by atoms with Crippen LogP contribution in [-0.2, 0) is 23.0 Å². The van der Waals surface area contributed by atoms with Crippen LogP contribution in [0.15, 0.2) is 63.5 Å². The number of benzene rings is 1. The van der Waals surface area contributed by atoms with Crippen molar-refractivity contribution in [3.63, 3.8) is 0 Å². The van der Waals surface area contributed by atoms with Gasteiger partial charge in [0.2, 0.25) is 0 Å². The van der Waals surface area contributed by atoms with Gasteiger partial charge in [-0.3, -0.25) is 4.79 Å². The molecule has 0 saturated carbocycles. The Balaban J connectivity index is 1.46. The van der Waals surface area contributed by atoms with Crippen LogP contribution in [0.3, 0.4) is 0 Å². The molecule has 2 aromatic heterocycles. The molecule has 0 radical (unpaired) electrons. The maximum Gasteiger partial charge on any atom is 0.287 e. The molecular weight excluding hydrogens is 430 g/mol. The average Bonchev–Trinajstić information content (AvgIpc) is 3.44. The van der Waals surface area contributed by atoms with Crippen molar-refractivity contribution in [3.05, 3.63) is 71.7 Å². The van der Waals surface area contributed by atoms with Crippen molar-refractivity contribution in [2.24, 2.45) is 5.10 Å². The van der Waals surface area contributed by atoms with Gasteiger partial charge in [0.25, 0.3) is 15.9 Å². The molecule has 1 amide bonds. The topological polar surface area (TPSA) is 119 Å². The summed E-state index contributed by atoms with van der Waals surface area (Å²) in [4.78, 5) is 19.1. The fourth-order valence-corrected chi connectivity index (χ4v) is 4.58. The van der Waals surface area contributed by atoms with E-state index in [-0.39, 0.29) is 16.6 Å². The number of aryl methyl sites for hydroxylation is 2. The Morgan fingerprint density at radius 1 is 1.25 bits per heavy atom. The fourth-order valence-electron chi connectivity index (χ4n) is 3.73. The van der Waals surface area contributed by atoms with Gasteiger partial charge in [-0.15, -0.1) is 0 Å². The summed E-state index contributed by atoms with van der Waals surface area (Å²) in [5, 5.41) is 7.07. The van der Waals surface area contributed by atoms with Gasteiger partial charge in [-0.05, 0) is 38.3 Å². The van der Waals surface area contributed by atoms with Crippen molar-refractivity contribution >= 4 is 21.6 Å². The van der Waals surface area contributed by atoms with Crippen molar-refractivity contribution in [1.82, 2.24) is 19.7 Å². The summed E-state index contributed by atoms with van der Waals surface area (Å²) in [7, 11) is -3.77. The van der Waals surface area contributed by atoms with E-state index in [0.717, 1.165) is 24.9 Å². The Morgan fingerprint density at radius 3 is 2.81 bits per heavy atom. The molecule has 2 N–H and O–H groups in total. The van der Waals surface area contributed by atoms with Crippen LogP contribution < -0.4 is 10.1 Å². The van der Waals surface area contributed by atoms with E-state index in [9.17, 15) is 13.2 Å². The number of carbonyl (C=O) groups is 1. The Labute approximate surface area is 186 Å². The van der Waals surface area contributed by atoms with Gasteiger partial charge in [0.15, 0.2) is 5.76 Å². The number of aromatic nitrogens is 2. The van der Waals surface area contributed by atoms with Gasteiger partial charge in [-0.2, -0.15) is 18.4 Å². The zero-order chi connectivity index (χ0) is 22.6. The highest BCUT2D eigenvalue weighted by molar-refractivity contribution is 7.89. The minimum atomic E-state index is -3.77. The van der Waals surface area contributed by atoms with Gasteiger partial charge in [0.1, 0.15) is 5.76 Å². The number of nitrogens with zero attached hydrogens (tertiary/aromatic N) is 3. The highest BCUT2D eigenvalue weighted by Crippen LogP contribution is 2.30. The molecule has 1 aliphatic rings. The highest BCUT2D eigenvalue weighted by Gasteiger charge is 2.28. The number of rotatable bonds is 8. The molecule has 0 bridgehead atoms. The number of carbonyl (C=O) groups excluding carboxylic acids is 1. The second kappa shape index (κ2) is 9.39. The standard InChI is InChI=1S/C22H25N5O4S/c1-16-20-18(25-26-32(29,30)17-7-3-2-4-8-17)9-5-10-19(20)31-21(16)22(28)24-11-6-13-27-14-12-23-15-27/h2-4,7-8,12,14-15,26H,5-6,9-11,13H2,1H3,(H,24,28)/b25-18+. The normalized spacial score (nSPS) is 14.8. The van der Waals surface area contributed by atoms with Crippen molar-refractivity contribution in [2.45, 2.75) is 44.0 Å². The van der Waals surface area contributed by atoms with Crippen LogP contribution in [-0.4, -0.2) is 36.1 Å². The van der Waals surface area contributed by atoms with Gasteiger partial charge in [0.05, 0.1) is 16.9 Å². The smallest absolute Gasteiger partial charge is 0.287 e. The summed E-state index contributed by atoms with van der Waals surface area (Å²) in [6.45, 7) is 3.06. The van der Waals surface area contributed by atoms with Gasteiger partial charge >= 0.3 is 0 Å². The van der Waals surface area contributed by atoms with E-state index >= 15 is 0 Å². The number of imidazole rings is 1. The second-order valence-electron chi connectivity index (χ2n) is 7.58. The fraction of sp³-hybridized carbons (Fsp3) is 0.318. The molecule has 2 heterocycles. The highest BCUT2D eigenvalue weighted by atomic mass is 32.2. The van der Waals surface area contributed by atoms with Crippen LogP contribution in [0.1, 0.15) is 46.7 Å². The first-order chi connectivity index (χ1) is 15.5. The molecule has 1 aromatic carbocycles. The molecular formula is C22H25N5O4S. The third-order valence-electron chi connectivity index (χ3n) is 5.32. The molecule has 0 unspecified atom stereocenters. The number of fused-ring (bicyclic) bond motifs is 1. The first-order valence-electron chi connectivity index (χ1n) is 10.5. The number of furan rings is 1. The second-order valence-corrected chi connectivity index (χ2v) is 9.25. The van der Waals surface area contributed by atoms with Gasteiger partial charge in [-0.25, -0.2) is 4.98 Å². The molecule has 4 rings (SSSR count). The molecule has 0 aliphatic heterocycles. The number of hydrazone groups is 1. The molecule has 3 aromatic rings. The van der Waals surface area contributed by atoms with Crippen LogP contribution >= 0.6 is 0 Å². The van der Waals surface area contributed by atoms with Crippen LogP contribution in [0.25, 0.3) is 0 Å². The molecule has 0 atom stereocenters. The SMILES string of the molecule is Cc1c(C(=O)NCCCn2ccnc2)oc2c1/C(=N/NS(=O)(=O)c1ccccc1)CCC2. The maximum absolute atomic E-state index is 12.7. The zero-order valence-corrected chi connectivity index (χ0v) is 18.6. The zero-order valence-electron chi connectivity index (χ0n) is 17.7. The molecule has 0 spiro atoms. The molecule has 1 aliphatic carbocycles. The third-order valence-corrected chi connectivity index (χ3v) is 6.55. The number of hydrogen-bond donors (Lipinski definition) is 2. The van der Waals surface area contributed by atoms with E-state index in [1.54, 1.807) is 37.6 Å². The quantitative estimate of drug-likeness (QED) is 0.400. The van der Waals surface area contributed by atoms with Crippen molar-refractivity contribution in [1.29, 1.82) is 0 Å². The van der Waals surface area contributed by atoms with Crippen LogP contribution in [0.4, 0.5) is 0 Å². The Hall–Kier alpha value is -3.40. The van der Waals surface area contributed by atoms with E-state index in [1.165, 1.54) is 12.1 Å². The van der Waals surface area contributed by atoms with Crippen molar-refractivity contribution < 1.29 is 17.6 Å². The summed E-state index contributed by atoms with van der Waals surface area (Å²) < 4.78 is 32.8. The van der Waals surface area contributed by atoms with E-state index in [1.807, 2.05) is 10.8 Å². The predicted molar refractivity (Wildman–Crippen MR) is 119 cm³/mol. The lowest BCUT2D eigenvalue weighted by atomic mass is 9.93. The molecule has 0 saturated heterocycles. The van der Waals surface area contributed by atoms with E-state index < -0.39 is 10.0 Å². The first kappa shape index (κ1) is 21.8. The van der Waals surface area contributed by atoms with Crippen molar-refractivity contribution in [2.75, 3.05) is 6.54 Å². The minimum absolute atomic E-state index is 0.139. The van der Waals surface area contributed by atoms with Gasteiger partial charge in [0, 0.05) is 43.0 Å². The first-order valence-corrected chi connectivity index (χ1v) is 11.9. The lowest BCUT2D eigenvalue weighted by Crippen LogP contribution is -2.25. The Bertz CT molecular complexity index is 1210. The Morgan fingerprint density at radius 2 is 2.06 bits per heavy atom. The number of nitrogens with one attached hydrogen (secondary N) is 2. The molecule has 32 heavy (non-hydrogen) atoms. The molecule has 9 nitrogen and oxygen atoms in total. The third kappa shape index (κ3) is 4.75. The lowest BCUT2D eigenvalue weighted by molar-refractivity contribution is 0.0922. The molecule has 0 fully saturated rings. The van der Waals surface area contributed by atoms with E-state index in [2.05, 4.69) is 20.2 Å². The summed E-state index contributed by atoms with van der Waals surface area (Å²) >= 11 is 0. The van der Waals surface area contributed by atoms with E-state index in [0.29, 0.717) is 36.4 Å². The lowest BCUT2D eigenvalue weighted by Gasteiger charge is -2.14. The van der Waals surface area contributed by atoms with Crippen LogP contribution in [0.5, 0.6) is 0 Å². The average molecular weight is 456 g/mol. The largest absolute Gasteiger partial charge is 0.455 e. The summed E-state index contributed by atoms with van der Waals surface area (Å²) in [6, 6.07) is 8.07. The van der Waals surface area contributed by atoms with Crippen LogP contribution in [0, 0.1) is 6.92 Å². The molecule has 168 valence electrons. The number of amides is 1. The number of sulfonamides is 1. The van der Waals surface area contributed by atoms with Crippen LogP contribution in [0.2, 0.25) is 0 Å². The monoisotopic (exact) mass is 455 g/mol. The van der Waals surface area contributed by atoms with Gasteiger partial charge < -0.3 is 14.3 Å². The molecule has 10 heteroatoms. The minimum Gasteiger partial charge on any atom is -0.455 e. The summed E-state index contributed by atoms with van der Waals surface area (Å²) in [5.74, 6) is 0.625. The maximum atomic E-state index is 12.7. The van der Waals surface area contributed by atoms with Gasteiger partial charge in [-0.1, -0.05) is 18.2 Å². The number of hydrogen-bond acceptors (Lipinski definition) is 6. The Kier molecular flexibility index (Phi) is 6.40. The van der Waals surface area contributed by atoms with Crippen molar-refractivity contribution in [3.8, 4) is 0 Å². The summed E-state index contributed by atoms with van der Waals surface area (Å²) in [5.41, 5.74) is 1.96. The van der Waals surface area contributed by atoms with E-state index in [4.69, 9.17) is 4.42 Å². The predicted octanol–water partition coefficient (Wildman–Crippen LogP) is 2.62.